The Morgan fingerprint density at radius 2 is 2.00 bits per heavy atom. The maximum atomic E-state index is 12.6. The van der Waals surface area contributed by atoms with E-state index >= 15 is 0 Å². The molecule has 18 heavy (non-hydrogen) atoms. The van der Waals surface area contributed by atoms with E-state index < -0.39 is 11.7 Å². The van der Waals surface area contributed by atoms with Crippen molar-refractivity contribution in [2.45, 2.75) is 20.0 Å². The van der Waals surface area contributed by atoms with Crippen LogP contribution in [0.2, 0.25) is 0 Å². The monoisotopic (exact) mass is 277 g/mol. The standard InChI is InChI=1S/C12H14F3NOS/c1-7(2)6-17-10-4-3-8(12(13,14)15)5-9(10)11(16)18/h3-5,7H,6H2,1-2H3,(H2,16,18). The summed E-state index contributed by atoms with van der Waals surface area (Å²) >= 11 is 4.74. The third kappa shape index (κ3) is 3.87. The summed E-state index contributed by atoms with van der Waals surface area (Å²) in [5, 5.41) is 0. The summed E-state index contributed by atoms with van der Waals surface area (Å²) in [5.74, 6) is 0.538. The van der Waals surface area contributed by atoms with Crippen LogP contribution in [-0.4, -0.2) is 11.6 Å². The third-order valence-corrected chi connectivity index (χ3v) is 2.36. The number of nitrogens with two attached hydrogens (primary N) is 1. The fourth-order valence-corrected chi connectivity index (χ4v) is 1.44. The maximum Gasteiger partial charge on any atom is 0.416 e. The predicted molar refractivity (Wildman–Crippen MR) is 67.7 cm³/mol. The second-order valence-corrected chi connectivity index (χ2v) is 4.72. The summed E-state index contributed by atoms with van der Waals surface area (Å²) in [7, 11) is 0. The van der Waals surface area contributed by atoms with Crippen molar-refractivity contribution in [2.75, 3.05) is 6.61 Å². The Morgan fingerprint density at radius 1 is 1.39 bits per heavy atom. The van der Waals surface area contributed by atoms with E-state index in [4.69, 9.17) is 22.7 Å². The lowest BCUT2D eigenvalue weighted by molar-refractivity contribution is -0.137. The molecule has 0 bridgehead atoms. The van der Waals surface area contributed by atoms with E-state index in [1.165, 1.54) is 6.07 Å². The van der Waals surface area contributed by atoms with E-state index in [0.29, 0.717) is 6.61 Å². The number of halogens is 3. The van der Waals surface area contributed by atoms with Gasteiger partial charge in [0.05, 0.1) is 17.7 Å². The predicted octanol–water partition coefficient (Wildman–Crippen LogP) is 3.37. The molecular weight excluding hydrogens is 263 g/mol. The molecule has 0 radical (unpaired) electrons. The summed E-state index contributed by atoms with van der Waals surface area (Å²) in [5.41, 5.74) is 4.74. The van der Waals surface area contributed by atoms with Gasteiger partial charge in [-0.1, -0.05) is 26.1 Å². The number of thiocarbonyl (C=S) groups is 1. The first kappa shape index (κ1) is 14.8. The van der Waals surface area contributed by atoms with E-state index in [-0.39, 0.29) is 22.2 Å². The van der Waals surface area contributed by atoms with Gasteiger partial charge in [0.1, 0.15) is 10.7 Å². The topological polar surface area (TPSA) is 35.2 Å². The van der Waals surface area contributed by atoms with Crippen LogP contribution in [0.1, 0.15) is 25.0 Å². The Bertz CT molecular complexity index is 443. The Balaban J connectivity index is 3.09. The Morgan fingerprint density at radius 3 is 2.44 bits per heavy atom. The first-order valence-electron chi connectivity index (χ1n) is 5.35. The molecule has 0 unspecified atom stereocenters. The van der Waals surface area contributed by atoms with Gasteiger partial charge in [-0.05, 0) is 24.1 Å². The van der Waals surface area contributed by atoms with Crippen LogP contribution in [0, 0.1) is 5.92 Å². The maximum absolute atomic E-state index is 12.6. The van der Waals surface area contributed by atoms with Gasteiger partial charge in [-0.3, -0.25) is 0 Å². The zero-order valence-corrected chi connectivity index (χ0v) is 10.9. The summed E-state index contributed by atoms with van der Waals surface area (Å²) in [6.45, 7) is 4.26. The van der Waals surface area contributed by atoms with E-state index in [2.05, 4.69) is 0 Å². The normalized spacial score (nSPS) is 11.7. The SMILES string of the molecule is CC(C)COc1ccc(C(F)(F)F)cc1C(N)=S. The van der Waals surface area contributed by atoms with Crippen LogP contribution in [-0.2, 0) is 6.18 Å². The highest BCUT2D eigenvalue weighted by atomic mass is 32.1. The van der Waals surface area contributed by atoms with Gasteiger partial charge < -0.3 is 10.5 Å². The second-order valence-electron chi connectivity index (χ2n) is 4.28. The third-order valence-electron chi connectivity index (χ3n) is 2.14. The fourth-order valence-electron chi connectivity index (χ4n) is 1.28. The van der Waals surface area contributed by atoms with Gasteiger partial charge in [0.2, 0.25) is 0 Å². The molecule has 0 atom stereocenters. The molecule has 0 aliphatic heterocycles. The van der Waals surface area contributed by atoms with Crippen molar-refractivity contribution in [3.05, 3.63) is 29.3 Å². The Labute approximate surface area is 109 Å². The van der Waals surface area contributed by atoms with Gasteiger partial charge >= 0.3 is 6.18 Å². The van der Waals surface area contributed by atoms with Gasteiger partial charge in [-0.25, -0.2) is 0 Å². The minimum absolute atomic E-state index is 0.111. The molecule has 1 rings (SSSR count). The second kappa shape index (κ2) is 5.56. The van der Waals surface area contributed by atoms with Crippen molar-refractivity contribution in [3.63, 3.8) is 0 Å². The molecule has 0 amide bonds. The Kier molecular flexibility index (Phi) is 4.56. The number of alkyl halides is 3. The molecule has 0 spiro atoms. The largest absolute Gasteiger partial charge is 0.493 e. The Hall–Kier alpha value is -1.30. The van der Waals surface area contributed by atoms with E-state index in [0.717, 1.165) is 12.1 Å². The number of ether oxygens (including phenoxy) is 1. The average molecular weight is 277 g/mol. The molecule has 0 saturated carbocycles. The quantitative estimate of drug-likeness (QED) is 0.857. The molecule has 1 aromatic rings. The summed E-state index contributed by atoms with van der Waals surface area (Å²) < 4.78 is 43.0. The van der Waals surface area contributed by atoms with Crippen LogP contribution in [0.3, 0.4) is 0 Å². The van der Waals surface area contributed by atoms with Gasteiger partial charge in [-0.2, -0.15) is 13.2 Å². The zero-order chi connectivity index (χ0) is 13.9. The van der Waals surface area contributed by atoms with Crippen LogP contribution in [0.15, 0.2) is 18.2 Å². The summed E-state index contributed by atoms with van der Waals surface area (Å²) in [6.07, 6.45) is -4.42. The van der Waals surface area contributed by atoms with Gasteiger partial charge in [-0.15, -0.1) is 0 Å². The van der Waals surface area contributed by atoms with Crippen molar-refractivity contribution in [3.8, 4) is 5.75 Å². The van der Waals surface area contributed by atoms with Gasteiger partial charge in [0, 0.05) is 0 Å². The lowest BCUT2D eigenvalue weighted by Gasteiger charge is -2.14. The first-order valence-corrected chi connectivity index (χ1v) is 5.76. The molecule has 0 fully saturated rings. The highest BCUT2D eigenvalue weighted by molar-refractivity contribution is 7.80. The molecule has 0 aromatic heterocycles. The van der Waals surface area contributed by atoms with E-state index in [1.54, 1.807) is 0 Å². The minimum atomic E-state index is -4.42. The molecule has 2 N–H and O–H groups in total. The molecule has 0 aliphatic carbocycles. The highest BCUT2D eigenvalue weighted by Crippen LogP contribution is 2.32. The molecule has 0 saturated heterocycles. The van der Waals surface area contributed by atoms with E-state index in [1.807, 2.05) is 13.8 Å². The van der Waals surface area contributed by atoms with Crippen LogP contribution in [0.5, 0.6) is 5.75 Å². The number of benzene rings is 1. The van der Waals surface area contributed by atoms with Gasteiger partial charge in [0.15, 0.2) is 0 Å². The molecule has 1 aromatic carbocycles. The molecule has 2 nitrogen and oxygen atoms in total. The highest BCUT2D eigenvalue weighted by Gasteiger charge is 2.31. The van der Waals surface area contributed by atoms with Crippen LogP contribution in [0.4, 0.5) is 13.2 Å². The molecule has 0 heterocycles. The van der Waals surface area contributed by atoms with Crippen LogP contribution < -0.4 is 10.5 Å². The number of hydrogen-bond acceptors (Lipinski definition) is 2. The van der Waals surface area contributed by atoms with Gasteiger partial charge in [0.25, 0.3) is 0 Å². The average Bonchev–Trinajstić information content (AvgIpc) is 2.24. The minimum Gasteiger partial charge on any atom is -0.493 e. The molecule has 100 valence electrons. The molecule has 6 heteroatoms. The fraction of sp³-hybridized carbons (Fsp3) is 0.417. The van der Waals surface area contributed by atoms with Crippen LogP contribution >= 0.6 is 12.2 Å². The molecule has 0 aliphatic rings. The zero-order valence-electron chi connectivity index (χ0n) is 10.0. The number of rotatable bonds is 4. The van der Waals surface area contributed by atoms with Crippen LogP contribution in [0.25, 0.3) is 0 Å². The van der Waals surface area contributed by atoms with Crippen molar-refractivity contribution in [1.82, 2.24) is 0 Å². The lowest BCUT2D eigenvalue weighted by Crippen LogP contribution is -2.15. The van der Waals surface area contributed by atoms with Crippen molar-refractivity contribution >= 4 is 17.2 Å². The lowest BCUT2D eigenvalue weighted by atomic mass is 10.1. The first-order chi connectivity index (χ1) is 8.21. The summed E-state index contributed by atoms with van der Waals surface area (Å²) in [4.78, 5) is -0.111. The smallest absolute Gasteiger partial charge is 0.416 e. The summed E-state index contributed by atoms with van der Waals surface area (Å²) in [6, 6.07) is 3.12. The number of hydrogen-bond donors (Lipinski definition) is 1. The van der Waals surface area contributed by atoms with E-state index in [9.17, 15) is 13.2 Å². The van der Waals surface area contributed by atoms with Crippen molar-refractivity contribution in [1.29, 1.82) is 0 Å². The molecular formula is C12H14F3NOS. The van der Waals surface area contributed by atoms with Crippen molar-refractivity contribution < 1.29 is 17.9 Å². The van der Waals surface area contributed by atoms with Crippen molar-refractivity contribution in [2.24, 2.45) is 11.7 Å².